The fourth-order valence-corrected chi connectivity index (χ4v) is 4.20. The van der Waals surface area contributed by atoms with E-state index < -0.39 is 0 Å². The quantitative estimate of drug-likeness (QED) is 0.232. The minimum atomic E-state index is -0.315. The monoisotopic (exact) mass is 499 g/mol. The van der Waals surface area contributed by atoms with Crippen LogP contribution in [0.2, 0.25) is 0 Å². The van der Waals surface area contributed by atoms with Crippen molar-refractivity contribution in [2.75, 3.05) is 18.5 Å². The predicted octanol–water partition coefficient (Wildman–Crippen LogP) is 6.00. The number of carbonyl (C=O) groups excluding carboxylic acids is 2. The summed E-state index contributed by atoms with van der Waals surface area (Å²) in [5, 5.41) is 6.36. The van der Waals surface area contributed by atoms with Crippen molar-refractivity contribution in [2.45, 2.75) is 45.6 Å². The van der Waals surface area contributed by atoms with Gasteiger partial charge in [0, 0.05) is 29.4 Å². The third kappa shape index (κ3) is 7.19. The second kappa shape index (κ2) is 12.7. The van der Waals surface area contributed by atoms with Crippen LogP contribution in [-0.2, 0) is 16.0 Å². The third-order valence-corrected chi connectivity index (χ3v) is 6.05. The Balaban J connectivity index is 1.33. The number of para-hydroxylation sites is 2. The van der Waals surface area contributed by atoms with Gasteiger partial charge in [-0.3, -0.25) is 9.59 Å². The summed E-state index contributed by atoms with van der Waals surface area (Å²) in [6.45, 7) is 4.52. The van der Waals surface area contributed by atoms with Gasteiger partial charge in [-0.05, 0) is 73.9 Å². The number of anilines is 1. The minimum Gasteiger partial charge on any atom is -0.466 e. The summed E-state index contributed by atoms with van der Waals surface area (Å²) >= 11 is 0. The molecule has 3 aromatic carbocycles. The first-order valence-corrected chi connectivity index (χ1v) is 12.8. The number of esters is 1. The summed E-state index contributed by atoms with van der Waals surface area (Å²) in [5.74, 6) is 0.103. The van der Waals surface area contributed by atoms with Gasteiger partial charge in [-0.2, -0.15) is 0 Å². The lowest BCUT2D eigenvalue weighted by molar-refractivity contribution is -0.142. The molecule has 1 atom stereocenters. The molecule has 1 amide bonds. The van der Waals surface area contributed by atoms with E-state index in [2.05, 4.69) is 46.8 Å². The van der Waals surface area contributed by atoms with Crippen molar-refractivity contribution in [3.63, 3.8) is 0 Å². The Kier molecular flexibility index (Phi) is 8.92. The molecule has 0 bridgehead atoms. The van der Waals surface area contributed by atoms with E-state index in [-0.39, 0.29) is 30.9 Å². The van der Waals surface area contributed by atoms with Crippen molar-refractivity contribution < 1.29 is 18.7 Å². The number of aromatic nitrogens is 1. The van der Waals surface area contributed by atoms with Crippen molar-refractivity contribution in [3.05, 3.63) is 83.9 Å². The van der Waals surface area contributed by atoms with Gasteiger partial charge in [0.2, 0.25) is 5.89 Å². The van der Waals surface area contributed by atoms with E-state index in [1.165, 1.54) is 5.56 Å². The Hall–Kier alpha value is -4.13. The highest BCUT2D eigenvalue weighted by Gasteiger charge is 2.12. The molecule has 1 aromatic heterocycles. The first-order valence-electron chi connectivity index (χ1n) is 12.8. The zero-order valence-electron chi connectivity index (χ0n) is 21.3. The van der Waals surface area contributed by atoms with Gasteiger partial charge >= 0.3 is 5.97 Å². The number of hydrogen-bond donors (Lipinski definition) is 2. The van der Waals surface area contributed by atoms with Gasteiger partial charge in [-0.15, -0.1) is 0 Å². The molecule has 192 valence electrons. The van der Waals surface area contributed by atoms with Crippen LogP contribution < -0.4 is 10.6 Å². The number of benzene rings is 3. The summed E-state index contributed by atoms with van der Waals surface area (Å²) in [6, 6.07) is 23.8. The van der Waals surface area contributed by atoms with Crippen LogP contribution in [0.25, 0.3) is 22.6 Å². The van der Waals surface area contributed by atoms with Crippen LogP contribution in [-0.4, -0.2) is 36.1 Å². The van der Waals surface area contributed by atoms with Gasteiger partial charge in [-0.25, -0.2) is 4.98 Å². The molecule has 0 radical (unpaired) electrons. The lowest BCUT2D eigenvalue weighted by Gasteiger charge is -2.20. The highest BCUT2D eigenvalue weighted by molar-refractivity contribution is 5.94. The third-order valence-electron chi connectivity index (χ3n) is 6.05. The maximum atomic E-state index is 12.3. The minimum absolute atomic E-state index is 0.160. The molecule has 0 aliphatic heterocycles. The van der Waals surface area contributed by atoms with Gasteiger partial charge in [0.15, 0.2) is 5.58 Å². The second-order valence-electron chi connectivity index (χ2n) is 8.91. The van der Waals surface area contributed by atoms with Gasteiger partial charge in [0.25, 0.3) is 5.91 Å². The lowest BCUT2D eigenvalue weighted by Crippen LogP contribution is -2.26. The Morgan fingerprint density at radius 3 is 2.43 bits per heavy atom. The maximum Gasteiger partial charge on any atom is 0.307 e. The van der Waals surface area contributed by atoms with Crippen molar-refractivity contribution in [1.29, 1.82) is 0 Å². The zero-order chi connectivity index (χ0) is 26.0. The summed E-state index contributed by atoms with van der Waals surface area (Å²) in [5.41, 5.74) is 5.34. The number of oxazole rings is 1. The number of hydrogen-bond acceptors (Lipinski definition) is 6. The van der Waals surface area contributed by atoms with Gasteiger partial charge in [-0.1, -0.05) is 37.6 Å². The molecule has 0 aliphatic carbocycles. The Morgan fingerprint density at radius 2 is 1.73 bits per heavy atom. The largest absolute Gasteiger partial charge is 0.466 e. The normalized spacial score (nSPS) is 11.7. The average molecular weight is 500 g/mol. The van der Waals surface area contributed by atoms with Crippen molar-refractivity contribution in [3.8, 4) is 11.5 Å². The molecular formula is C30H33N3O4. The Labute approximate surface area is 217 Å². The van der Waals surface area contributed by atoms with E-state index in [0.29, 0.717) is 18.1 Å². The van der Waals surface area contributed by atoms with E-state index in [1.807, 2.05) is 36.4 Å². The first kappa shape index (κ1) is 25.9. The second-order valence-corrected chi connectivity index (χ2v) is 8.91. The molecular weight excluding hydrogens is 466 g/mol. The van der Waals surface area contributed by atoms with E-state index >= 15 is 0 Å². The van der Waals surface area contributed by atoms with E-state index in [1.54, 1.807) is 19.1 Å². The fourth-order valence-electron chi connectivity index (χ4n) is 4.20. The maximum absolute atomic E-state index is 12.3. The summed E-state index contributed by atoms with van der Waals surface area (Å²) in [7, 11) is 0. The topological polar surface area (TPSA) is 93.5 Å². The molecule has 0 aliphatic rings. The molecule has 0 unspecified atom stereocenters. The standard InChI is InChI=1S/C30H33N3O4/c1-3-7-25(32-24-16-14-22(15-17-24)29(35)31-19-18-28(34)36-4-2)20-21-10-12-23(13-11-21)30-33-26-8-5-6-9-27(26)37-30/h5-6,8-17,25,32H,3-4,7,18-20H2,1-2H3,(H,31,35)/t25-/m1/s1. The van der Waals surface area contributed by atoms with Crippen LogP contribution in [0.1, 0.15) is 49.0 Å². The number of ether oxygens (including phenoxy) is 1. The summed E-state index contributed by atoms with van der Waals surface area (Å²) in [4.78, 5) is 28.3. The zero-order valence-corrected chi connectivity index (χ0v) is 21.3. The van der Waals surface area contributed by atoms with Crippen molar-refractivity contribution in [2.24, 2.45) is 0 Å². The molecule has 0 spiro atoms. The molecule has 1 heterocycles. The molecule has 0 saturated heterocycles. The Bertz CT molecular complexity index is 1280. The predicted molar refractivity (Wildman–Crippen MR) is 145 cm³/mol. The first-order chi connectivity index (χ1) is 18.1. The molecule has 4 aromatic rings. The van der Waals surface area contributed by atoms with Crippen molar-refractivity contribution >= 4 is 28.7 Å². The number of rotatable bonds is 12. The number of amides is 1. The molecule has 37 heavy (non-hydrogen) atoms. The number of fused-ring (bicyclic) bond motifs is 1. The molecule has 0 fully saturated rings. The van der Waals surface area contributed by atoms with Crippen molar-refractivity contribution in [1.82, 2.24) is 10.3 Å². The highest BCUT2D eigenvalue weighted by Crippen LogP contribution is 2.25. The van der Waals surface area contributed by atoms with E-state index in [4.69, 9.17) is 9.15 Å². The number of nitrogens with one attached hydrogen (secondary N) is 2. The van der Waals surface area contributed by atoms with E-state index in [0.717, 1.165) is 41.6 Å². The van der Waals surface area contributed by atoms with Gasteiger partial charge in [0.05, 0.1) is 13.0 Å². The lowest BCUT2D eigenvalue weighted by atomic mass is 10.0. The molecule has 2 N–H and O–H groups in total. The van der Waals surface area contributed by atoms with Gasteiger partial charge < -0.3 is 19.8 Å². The van der Waals surface area contributed by atoms with Crippen LogP contribution >= 0.6 is 0 Å². The van der Waals surface area contributed by atoms with Crippen LogP contribution in [0.15, 0.2) is 77.2 Å². The average Bonchev–Trinajstić information content (AvgIpc) is 3.34. The molecule has 4 rings (SSSR count). The van der Waals surface area contributed by atoms with Crippen LogP contribution in [0, 0.1) is 0 Å². The number of carbonyl (C=O) groups is 2. The molecule has 0 saturated carbocycles. The molecule has 7 heteroatoms. The van der Waals surface area contributed by atoms with Crippen LogP contribution in [0.4, 0.5) is 5.69 Å². The Morgan fingerprint density at radius 1 is 0.973 bits per heavy atom. The van der Waals surface area contributed by atoms with Crippen LogP contribution in [0.5, 0.6) is 0 Å². The van der Waals surface area contributed by atoms with Gasteiger partial charge in [0.1, 0.15) is 5.52 Å². The highest BCUT2D eigenvalue weighted by atomic mass is 16.5. The summed E-state index contributed by atoms with van der Waals surface area (Å²) in [6.07, 6.45) is 3.11. The molecule has 7 nitrogen and oxygen atoms in total. The fraction of sp³-hybridized carbons (Fsp3) is 0.300. The smallest absolute Gasteiger partial charge is 0.307 e. The van der Waals surface area contributed by atoms with E-state index in [9.17, 15) is 9.59 Å². The SMILES string of the molecule is CCC[C@H](Cc1ccc(-c2nc3ccccc3o2)cc1)Nc1ccc(C(=O)NCCC(=O)OCC)cc1. The van der Waals surface area contributed by atoms with Crippen LogP contribution in [0.3, 0.4) is 0 Å². The number of nitrogens with zero attached hydrogens (tertiary/aromatic N) is 1. The summed E-state index contributed by atoms with van der Waals surface area (Å²) < 4.78 is 10.8.